The molecule has 31 heavy (non-hydrogen) atoms. The van der Waals surface area contributed by atoms with Crippen LogP contribution in [0.1, 0.15) is 5.56 Å². The van der Waals surface area contributed by atoms with Crippen molar-refractivity contribution in [1.29, 1.82) is 0 Å². The number of thiazole rings is 1. The Labute approximate surface area is 188 Å². The maximum atomic E-state index is 13.8. The molecule has 162 valence electrons. The molecule has 11 heteroatoms. The molecular weight excluding hydrogens is 463 g/mol. The second-order valence-corrected chi connectivity index (χ2v) is 9.79. The van der Waals surface area contributed by atoms with E-state index in [1.807, 2.05) is 0 Å². The molecule has 0 aliphatic carbocycles. The number of anilines is 1. The molecule has 2 aromatic carbocycles. The van der Waals surface area contributed by atoms with E-state index >= 15 is 0 Å². The zero-order valence-electron chi connectivity index (χ0n) is 16.2. The van der Waals surface area contributed by atoms with E-state index in [1.54, 1.807) is 35.7 Å². The van der Waals surface area contributed by atoms with E-state index in [-0.39, 0.29) is 15.5 Å². The maximum Gasteiger partial charge on any atom is 0.243 e. The Bertz CT molecular complexity index is 1190. The van der Waals surface area contributed by atoms with Gasteiger partial charge in [-0.15, -0.1) is 11.3 Å². The maximum absolute atomic E-state index is 13.8. The van der Waals surface area contributed by atoms with Crippen LogP contribution in [-0.2, 0) is 14.8 Å². The summed E-state index contributed by atoms with van der Waals surface area (Å²) in [5.74, 6) is -0.476. The van der Waals surface area contributed by atoms with Crippen molar-refractivity contribution in [3.63, 3.8) is 0 Å². The van der Waals surface area contributed by atoms with Crippen LogP contribution in [-0.4, -0.2) is 50.2 Å². The van der Waals surface area contributed by atoms with Gasteiger partial charge in [-0.2, -0.15) is 9.41 Å². The quantitative estimate of drug-likeness (QED) is 0.424. The molecule has 2 heterocycles. The number of nitrogens with one attached hydrogen (secondary N) is 1. The third kappa shape index (κ3) is 4.94. The summed E-state index contributed by atoms with van der Waals surface area (Å²) in [6, 6.07) is 11.0. The summed E-state index contributed by atoms with van der Waals surface area (Å²) in [4.78, 5) is 4.64. The predicted molar refractivity (Wildman–Crippen MR) is 120 cm³/mol. The number of halogens is 2. The lowest BCUT2D eigenvalue weighted by Gasteiger charge is -2.26. The lowest BCUT2D eigenvalue weighted by atomic mass is 10.2. The minimum Gasteiger partial charge on any atom is -0.379 e. The van der Waals surface area contributed by atoms with E-state index in [1.165, 1.54) is 34.0 Å². The Kier molecular flexibility index (Phi) is 6.63. The molecule has 7 nitrogen and oxygen atoms in total. The van der Waals surface area contributed by atoms with E-state index in [0.29, 0.717) is 42.7 Å². The number of ether oxygens (including phenoxy) is 1. The average molecular weight is 481 g/mol. The van der Waals surface area contributed by atoms with Gasteiger partial charge in [0.25, 0.3) is 0 Å². The van der Waals surface area contributed by atoms with Crippen LogP contribution in [0.4, 0.5) is 9.52 Å². The predicted octanol–water partition coefficient (Wildman–Crippen LogP) is 4.07. The molecule has 1 aromatic heterocycles. The summed E-state index contributed by atoms with van der Waals surface area (Å²) in [7, 11) is -3.60. The van der Waals surface area contributed by atoms with Crippen LogP contribution in [0.3, 0.4) is 0 Å². The van der Waals surface area contributed by atoms with E-state index in [4.69, 9.17) is 16.3 Å². The summed E-state index contributed by atoms with van der Waals surface area (Å²) in [6.07, 6.45) is 1.29. The molecule has 0 spiro atoms. The van der Waals surface area contributed by atoms with Crippen molar-refractivity contribution in [3.05, 3.63) is 64.2 Å². The number of rotatable bonds is 6. The van der Waals surface area contributed by atoms with Gasteiger partial charge in [-0.25, -0.2) is 17.8 Å². The monoisotopic (exact) mass is 480 g/mol. The van der Waals surface area contributed by atoms with Crippen LogP contribution in [0, 0.1) is 5.82 Å². The van der Waals surface area contributed by atoms with Gasteiger partial charge in [-0.3, -0.25) is 5.43 Å². The number of morpholine rings is 1. The van der Waals surface area contributed by atoms with Gasteiger partial charge >= 0.3 is 0 Å². The standard InChI is InChI=1S/C20H18ClFN4O3S2/c21-17-5-2-6-18(22)16(17)12-23-25-20-24-19(13-30-20)14-3-1-4-15(11-14)31(27,28)26-7-9-29-10-8-26/h1-6,11-13H,7-10H2,(H,24,25)/b23-12-. The average Bonchev–Trinajstić information content (AvgIpc) is 3.25. The summed E-state index contributed by atoms with van der Waals surface area (Å²) in [5, 5.41) is 6.50. The van der Waals surface area contributed by atoms with Gasteiger partial charge in [0.15, 0.2) is 0 Å². The van der Waals surface area contributed by atoms with Gasteiger partial charge in [0.2, 0.25) is 15.2 Å². The van der Waals surface area contributed by atoms with Crippen LogP contribution < -0.4 is 5.43 Å². The van der Waals surface area contributed by atoms with Crippen LogP contribution in [0.15, 0.2) is 57.8 Å². The first-order valence-corrected chi connectivity index (χ1v) is 12.0. The third-order valence-electron chi connectivity index (χ3n) is 4.60. The fourth-order valence-corrected chi connectivity index (χ4v) is 5.33. The van der Waals surface area contributed by atoms with Crippen LogP contribution in [0.25, 0.3) is 11.3 Å². The molecule has 1 aliphatic heterocycles. The fraction of sp³-hybridized carbons (Fsp3) is 0.200. The lowest BCUT2D eigenvalue weighted by Crippen LogP contribution is -2.40. The number of aromatic nitrogens is 1. The zero-order chi connectivity index (χ0) is 21.8. The van der Waals surface area contributed by atoms with Crippen molar-refractivity contribution >= 4 is 44.3 Å². The number of hydrazone groups is 1. The number of hydrogen-bond acceptors (Lipinski definition) is 7. The molecule has 1 fully saturated rings. The van der Waals surface area contributed by atoms with Crippen molar-refractivity contribution in [3.8, 4) is 11.3 Å². The molecular formula is C20H18ClFN4O3S2. The molecule has 0 radical (unpaired) electrons. The Morgan fingerprint density at radius 1 is 1.23 bits per heavy atom. The smallest absolute Gasteiger partial charge is 0.243 e. The molecule has 0 amide bonds. The topological polar surface area (TPSA) is 83.9 Å². The SMILES string of the molecule is O=S(=O)(c1cccc(-c2csc(N/N=C\c3c(F)cccc3Cl)n2)c1)N1CCOCC1. The van der Waals surface area contributed by atoms with Crippen molar-refractivity contribution in [2.75, 3.05) is 31.7 Å². The molecule has 1 aliphatic rings. The minimum absolute atomic E-state index is 0.175. The van der Waals surface area contributed by atoms with Gasteiger partial charge < -0.3 is 4.74 Å². The van der Waals surface area contributed by atoms with Crippen molar-refractivity contribution in [2.45, 2.75) is 4.90 Å². The zero-order valence-corrected chi connectivity index (χ0v) is 18.6. The van der Waals surface area contributed by atoms with Crippen LogP contribution >= 0.6 is 22.9 Å². The number of nitrogens with zero attached hydrogens (tertiary/aromatic N) is 3. The highest BCUT2D eigenvalue weighted by Crippen LogP contribution is 2.28. The Morgan fingerprint density at radius 2 is 2.00 bits per heavy atom. The highest BCUT2D eigenvalue weighted by molar-refractivity contribution is 7.89. The van der Waals surface area contributed by atoms with E-state index in [2.05, 4.69) is 15.5 Å². The van der Waals surface area contributed by atoms with Gasteiger partial charge in [0.1, 0.15) is 5.82 Å². The second-order valence-electron chi connectivity index (χ2n) is 6.59. The van der Waals surface area contributed by atoms with Crippen molar-refractivity contribution in [2.24, 2.45) is 5.10 Å². The molecule has 3 aromatic rings. The largest absolute Gasteiger partial charge is 0.379 e. The molecule has 0 unspecified atom stereocenters. The highest BCUT2D eigenvalue weighted by Gasteiger charge is 2.26. The lowest BCUT2D eigenvalue weighted by molar-refractivity contribution is 0.0730. The molecule has 4 rings (SSSR count). The van der Waals surface area contributed by atoms with Gasteiger partial charge in [-0.05, 0) is 24.3 Å². The normalized spacial score (nSPS) is 15.4. The highest BCUT2D eigenvalue weighted by atomic mass is 35.5. The molecule has 0 saturated carbocycles. The summed E-state index contributed by atoms with van der Waals surface area (Å²) in [5.41, 5.74) is 4.19. The molecule has 0 bridgehead atoms. The van der Waals surface area contributed by atoms with Crippen molar-refractivity contribution < 1.29 is 17.5 Å². The summed E-state index contributed by atoms with van der Waals surface area (Å²) < 4.78 is 46.2. The van der Waals surface area contributed by atoms with Gasteiger partial charge in [0, 0.05) is 29.6 Å². The minimum atomic E-state index is -3.60. The first-order valence-electron chi connectivity index (χ1n) is 9.32. The Morgan fingerprint density at radius 3 is 2.77 bits per heavy atom. The number of hydrogen-bond donors (Lipinski definition) is 1. The van der Waals surface area contributed by atoms with Gasteiger partial charge in [0.05, 0.1) is 35.0 Å². The number of benzene rings is 2. The Balaban J connectivity index is 1.50. The second kappa shape index (κ2) is 9.41. The molecule has 0 atom stereocenters. The summed E-state index contributed by atoms with van der Waals surface area (Å²) in [6.45, 7) is 1.44. The first kappa shape index (κ1) is 21.8. The van der Waals surface area contributed by atoms with Crippen LogP contribution in [0.5, 0.6) is 0 Å². The van der Waals surface area contributed by atoms with Gasteiger partial charge in [-0.1, -0.05) is 29.8 Å². The van der Waals surface area contributed by atoms with E-state index < -0.39 is 15.8 Å². The molecule has 1 N–H and O–H groups in total. The molecule has 1 saturated heterocycles. The summed E-state index contributed by atoms with van der Waals surface area (Å²) >= 11 is 7.26. The Hall–Kier alpha value is -2.37. The van der Waals surface area contributed by atoms with Crippen molar-refractivity contribution in [1.82, 2.24) is 9.29 Å². The van der Waals surface area contributed by atoms with E-state index in [9.17, 15) is 12.8 Å². The number of sulfonamides is 1. The fourth-order valence-electron chi connectivity index (χ4n) is 3.00. The third-order valence-corrected chi connectivity index (χ3v) is 7.57. The first-order chi connectivity index (χ1) is 14.9. The van der Waals surface area contributed by atoms with Crippen LogP contribution in [0.2, 0.25) is 5.02 Å². The van der Waals surface area contributed by atoms with E-state index in [0.717, 1.165) is 0 Å².